The smallest absolute Gasteiger partial charge is 0.329 e. The molecule has 0 aliphatic rings. The van der Waals surface area contributed by atoms with Crippen LogP contribution in [0.3, 0.4) is 0 Å². The van der Waals surface area contributed by atoms with E-state index in [1.165, 1.54) is 0 Å². The van der Waals surface area contributed by atoms with E-state index in [-0.39, 0.29) is 35.5 Å². The molecule has 0 aliphatic heterocycles. The summed E-state index contributed by atoms with van der Waals surface area (Å²) in [7, 11) is -3.14. The molecule has 0 unspecified atom stereocenters. The molecule has 0 aliphatic carbocycles. The van der Waals surface area contributed by atoms with Crippen molar-refractivity contribution in [1.82, 2.24) is 9.97 Å². The monoisotopic (exact) mass is 317 g/mol. The van der Waals surface area contributed by atoms with E-state index in [9.17, 15) is 18.5 Å². The number of hydrogen-bond acceptors (Lipinski definition) is 8. The number of sulfone groups is 1. The molecule has 0 fully saturated rings. The number of nitrogens with one attached hydrogen (secondary N) is 2. The van der Waals surface area contributed by atoms with Crippen LogP contribution in [-0.2, 0) is 9.84 Å². The molecule has 0 atom stereocenters. The van der Waals surface area contributed by atoms with Gasteiger partial charge in [-0.25, -0.2) is 13.4 Å². The van der Waals surface area contributed by atoms with Crippen LogP contribution in [-0.4, -0.2) is 47.9 Å². The quantitative estimate of drug-likeness (QED) is 0.511. The van der Waals surface area contributed by atoms with E-state index in [1.54, 1.807) is 6.92 Å². The van der Waals surface area contributed by atoms with Crippen LogP contribution in [0.1, 0.15) is 20.3 Å². The minimum absolute atomic E-state index is 0.0138. The molecule has 0 saturated heterocycles. The molecule has 0 bridgehead atoms. The van der Waals surface area contributed by atoms with Crippen molar-refractivity contribution in [1.29, 1.82) is 0 Å². The third-order valence-corrected chi connectivity index (χ3v) is 4.35. The second-order valence-corrected chi connectivity index (χ2v) is 6.75. The highest BCUT2D eigenvalue weighted by Crippen LogP contribution is 2.21. The second kappa shape index (κ2) is 7.72. The molecule has 1 aromatic heterocycles. The lowest BCUT2D eigenvalue weighted by Crippen LogP contribution is -2.18. The number of aromatic nitrogens is 2. The zero-order valence-electron chi connectivity index (χ0n) is 12.0. The van der Waals surface area contributed by atoms with Crippen LogP contribution < -0.4 is 10.6 Å². The molecule has 0 saturated carbocycles. The zero-order chi connectivity index (χ0) is 15.9. The summed E-state index contributed by atoms with van der Waals surface area (Å²) in [6.45, 7) is 4.21. The Bertz CT molecular complexity index is 590. The van der Waals surface area contributed by atoms with Crippen molar-refractivity contribution in [2.24, 2.45) is 0 Å². The van der Waals surface area contributed by atoms with Gasteiger partial charge in [-0.1, -0.05) is 13.8 Å². The normalized spacial score (nSPS) is 11.1. The summed E-state index contributed by atoms with van der Waals surface area (Å²) >= 11 is 0. The van der Waals surface area contributed by atoms with Gasteiger partial charge in [0, 0.05) is 18.8 Å². The lowest BCUT2D eigenvalue weighted by Gasteiger charge is -2.08. The Hall–Kier alpha value is -1.97. The van der Waals surface area contributed by atoms with E-state index in [0.29, 0.717) is 6.54 Å². The number of nitro groups is 1. The first kappa shape index (κ1) is 17.1. The molecule has 0 spiro atoms. The van der Waals surface area contributed by atoms with Crippen molar-refractivity contribution in [2.45, 2.75) is 20.3 Å². The van der Waals surface area contributed by atoms with Crippen LogP contribution in [0.25, 0.3) is 0 Å². The molecule has 21 heavy (non-hydrogen) atoms. The minimum atomic E-state index is -3.14. The fraction of sp³-hybridized carbons (Fsp3) is 0.636. The molecular formula is C11H19N5O4S. The van der Waals surface area contributed by atoms with Gasteiger partial charge in [0.25, 0.3) is 0 Å². The molecule has 1 rings (SSSR count). The molecule has 0 radical (unpaired) electrons. The van der Waals surface area contributed by atoms with Crippen molar-refractivity contribution >= 4 is 27.3 Å². The van der Waals surface area contributed by atoms with Gasteiger partial charge in [0.05, 0.1) is 10.7 Å². The van der Waals surface area contributed by atoms with Gasteiger partial charge in [-0.15, -0.1) is 0 Å². The van der Waals surface area contributed by atoms with E-state index in [2.05, 4.69) is 20.6 Å². The molecule has 2 N–H and O–H groups in total. The molecule has 118 valence electrons. The summed E-state index contributed by atoms with van der Waals surface area (Å²) in [5, 5.41) is 16.5. The van der Waals surface area contributed by atoms with Gasteiger partial charge in [0.2, 0.25) is 11.8 Å². The molecule has 0 aromatic carbocycles. The van der Waals surface area contributed by atoms with Gasteiger partial charge < -0.3 is 10.6 Å². The lowest BCUT2D eigenvalue weighted by atomic mass is 10.4. The summed E-state index contributed by atoms with van der Waals surface area (Å²) in [4.78, 5) is 18.2. The zero-order valence-corrected chi connectivity index (χ0v) is 12.8. The highest BCUT2D eigenvalue weighted by atomic mass is 32.2. The highest BCUT2D eigenvalue weighted by Gasteiger charge is 2.17. The van der Waals surface area contributed by atoms with E-state index < -0.39 is 14.8 Å². The van der Waals surface area contributed by atoms with Crippen LogP contribution in [0.5, 0.6) is 0 Å². The number of nitrogens with zero attached hydrogens (tertiary/aromatic N) is 3. The van der Waals surface area contributed by atoms with Gasteiger partial charge in [-0.05, 0) is 6.42 Å². The lowest BCUT2D eigenvalue weighted by molar-refractivity contribution is -0.384. The largest absolute Gasteiger partial charge is 0.363 e. The van der Waals surface area contributed by atoms with E-state index in [0.717, 1.165) is 12.6 Å². The van der Waals surface area contributed by atoms with Crippen LogP contribution in [0.4, 0.5) is 17.5 Å². The Morgan fingerprint density at radius 1 is 1.29 bits per heavy atom. The van der Waals surface area contributed by atoms with Crippen LogP contribution in [0.2, 0.25) is 0 Å². The predicted octanol–water partition coefficient (Wildman–Crippen LogP) is 1.05. The molecule has 1 aromatic rings. The summed E-state index contributed by atoms with van der Waals surface area (Å²) in [6.07, 6.45) is 1.96. The molecule has 0 amide bonds. The van der Waals surface area contributed by atoms with E-state index in [1.807, 2.05) is 6.92 Å². The molecule has 10 heteroatoms. The molecular weight excluding hydrogens is 298 g/mol. The first-order chi connectivity index (χ1) is 9.89. The standard InChI is InChI=1S/C11H19N5O4S/c1-3-5-13-11-14-8-9(16(17)18)10(15-11)12-6-7-21(19,20)4-2/h8H,3-7H2,1-2H3,(H2,12,13,14,15). The summed E-state index contributed by atoms with van der Waals surface area (Å²) in [6, 6.07) is 0. The highest BCUT2D eigenvalue weighted by molar-refractivity contribution is 7.91. The van der Waals surface area contributed by atoms with Gasteiger partial charge in [-0.3, -0.25) is 10.1 Å². The fourth-order valence-electron chi connectivity index (χ4n) is 1.43. The molecule has 9 nitrogen and oxygen atoms in total. The Morgan fingerprint density at radius 3 is 2.57 bits per heavy atom. The van der Waals surface area contributed by atoms with Crippen LogP contribution >= 0.6 is 0 Å². The van der Waals surface area contributed by atoms with Crippen molar-refractivity contribution in [3.05, 3.63) is 16.3 Å². The third-order valence-electron chi connectivity index (χ3n) is 2.64. The van der Waals surface area contributed by atoms with E-state index >= 15 is 0 Å². The van der Waals surface area contributed by atoms with Crippen LogP contribution in [0, 0.1) is 10.1 Å². The molecule has 1 heterocycles. The number of hydrogen-bond donors (Lipinski definition) is 2. The Morgan fingerprint density at radius 2 is 2.00 bits per heavy atom. The predicted molar refractivity (Wildman–Crippen MR) is 80.3 cm³/mol. The number of anilines is 2. The first-order valence-corrected chi connectivity index (χ1v) is 8.41. The van der Waals surface area contributed by atoms with Gasteiger partial charge in [0.15, 0.2) is 9.84 Å². The van der Waals surface area contributed by atoms with E-state index in [4.69, 9.17) is 0 Å². The maximum atomic E-state index is 11.4. The average Bonchev–Trinajstić information content (AvgIpc) is 2.44. The average molecular weight is 317 g/mol. The van der Waals surface area contributed by atoms with Crippen molar-refractivity contribution in [3.8, 4) is 0 Å². The SMILES string of the molecule is CCCNc1ncc([N+](=O)[O-])c(NCCS(=O)(=O)CC)n1. The minimum Gasteiger partial charge on any atom is -0.363 e. The van der Waals surface area contributed by atoms with Crippen molar-refractivity contribution in [2.75, 3.05) is 35.2 Å². The maximum absolute atomic E-state index is 11.4. The van der Waals surface area contributed by atoms with Crippen molar-refractivity contribution < 1.29 is 13.3 Å². The third kappa shape index (κ3) is 5.50. The topological polar surface area (TPSA) is 127 Å². The Labute approximate surface area is 123 Å². The summed E-state index contributed by atoms with van der Waals surface area (Å²) < 4.78 is 22.8. The first-order valence-electron chi connectivity index (χ1n) is 6.59. The van der Waals surface area contributed by atoms with Crippen molar-refractivity contribution in [3.63, 3.8) is 0 Å². The van der Waals surface area contributed by atoms with Gasteiger partial charge in [0.1, 0.15) is 6.20 Å². The van der Waals surface area contributed by atoms with Gasteiger partial charge in [-0.2, -0.15) is 4.98 Å². The fourth-order valence-corrected chi connectivity index (χ4v) is 2.13. The summed E-state index contributed by atoms with van der Waals surface area (Å²) in [5.74, 6) is 0.204. The van der Waals surface area contributed by atoms with Gasteiger partial charge >= 0.3 is 5.69 Å². The second-order valence-electron chi connectivity index (χ2n) is 4.27. The number of rotatable bonds is 9. The maximum Gasteiger partial charge on any atom is 0.329 e. The Balaban J connectivity index is 2.83. The Kier molecular flexibility index (Phi) is 6.28. The summed E-state index contributed by atoms with van der Waals surface area (Å²) in [5.41, 5.74) is -0.286. The van der Waals surface area contributed by atoms with Crippen LogP contribution in [0.15, 0.2) is 6.20 Å².